The van der Waals surface area contributed by atoms with Gasteiger partial charge in [0.2, 0.25) is 5.91 Å². The summed E-state index contributed by atoms with van der Waals surface area (Å²) in [5.41, 5.74) is 0. The fourth-order valence-corrected chi connectivity index (χ4v) is 2.76. The Labute approximate surface area is 108 Å². The van der Waals surface area contributed by atoms with Crippen LogP contribution in [0.15, 0.2) is 0 Å². The van der Waals surface area contributed by atoms with E-state index in [2.05, 4.69) is 13.8 Å². The topological polar surface area (TPSA) is 38.8 Å². The Morgan fingerprint density at radius 3 is 2.82 bits per heavy atom. The minimum Gasteiger partial charge on any atom is -0.382 e. The van der Waals surface area contributed by atoms with E-state index in [1.54, 1.807) is 7.11 Å². The van der Waals surface area contributed by atoms with Gasteiger partial charge in [0.15, 0.2) is 0 Å². The second-order valence-electron chi connectivity index (χ2n) is 4.78. The molecule has 0 aromatic carbocycles. The van der Waals surface area contributed by atoms with Gasteiger partial charge in [-0.1, -0.05) is 13.8 Å². The predicted molar refractivity (Wildman–Crippen MR) is 70.4 cm³/mol. The molecular formula is C12H23NO3S. The molecule has 4 nitrogen and oxygen atoms in total. The number of thioether (sulfide) groups is 1. The van der Waals surface area contributed by atoms with E-state index in [4.69, 9.17) is 9.47 Å². The Hall–Kier alpha value is -0.260. The maximum absolute atomic E-state index is 11.9. The lowest BCUT2D eigenvalue weighted by Crippen LogP contribution is -2.36. The van der Waals surface area contributed by atoms with Crippen LogP contribution in [-0.2, 0) is 14.3 Å². The van der Waals surface area contributed by atoms with E-state index in [-0.39, 0.29) is 17.3 Å². The fourth-order valence-electron chi connectivity index (χ4n) is 1.66. The number of hydrogen-bond acceptors (Lipinski definition) is 4. The molecule has 1 fully saturated rings. The molecule has 0 aliphatic carbocycles. The van der Waals surface area contributed by atoms with Gasteiger partial charge in [0.25, 0.3) is 0 Å². The second kappa shape index (κ2) is 7.24. The summed E-state index contributed by atoms with van der Waals surface area (Å²) in [7, 11) is 1.62. The van der Waals surface area contributed by atoms with Crippen LogP contribution >= 0.6 is 11.8 Å². The molecule has 5 heteroatoms. The van der Waals surface area contributed by atoms with Crippen LogP contribution in [0.1, 0.15) is 20.3 Å². The van der Waals surface area contributed by atoms with Gasteiger partial charge in [0, 0.05) is 30.7 Å². The van der Waals surface area contributed by atoms with Crippen LogP contribution in [0.2, 0.25) is 0 Å². The molecule has 0 atom stereocenters. The summed E-state index contributed by atoms with van der Waals surface area (Å²) in [5, 5.41) is 0. The first-order valence-corrected chi connectivity index (χ1v) is 7.02. The molecule has 0 saturated carbocycles. The number of ether oxygens (including phenoxy) is 2. The summed E-state index contributed by atoms with van der Waals surface area (Å²) >= 11 is 1.94. The van der Waals surface area contributed by atoms with E-state index in [1.165, 1.54) is 0 Å². The van der Waals surface area contributed by atoms with Crippen LogP contribution in [0, 0.1) is 0 Å². The number of rotatable bonds is 5. The zero-order chi connectivity index (χ0) is 12.7. The van der Waals surface area contributed by atoms with Crippen molar-refractivity contribution in [2.24, 2.45) is 0 Å². The Morgan fingerprint density at radius 2 is 2.12 bits per heavy atom. The Kier molecular flexibility index (Phi) is 6.30. The highest BCUT2D eigenvalue weighted by molar-refractivity contribution is 8.00. The lowest BCUT2D eigenvalue weighted by molar-refractivity contribution is -0.136. The summed E-state index contributed by atoms with van der Waals surface area (Å²) in [4.78, 5) is 13.8. The van der Waals surface area contributed by atoms with Crippen LogP contribution in [0.25, 0.3) is 0 Å². The molecule has 1 rings (SSSR count). The van der Waals surface area contributed by atoms with Crippen molar-refractivity contribution in [1.29, 1.82) is 0 Å². The van der Waals surface area contributed by atoms with Gasteiger partial charge in [-0.2, -0.15) is 11.8 Å². The first-order chi connectivity index (χ1) is 8.05. The first-order valence-electron chi connectivity index (χ1n) is 6.03. The molecule has 0 spiro atoms. The highest BCUT2D eigenvalue weighted by atomic mass is 32.2. The summed E-state index contributed by atoms with van der Waals surface area (Å²) in [6.07, 6.45) is 1.04. The SMILES string of the molecule is COCCOCC(=O)N1CCSC(C)(C)CC1. The average Bonchev–Trinajstić information content (AvgIpc) is 2.45. The predicted octanol–water partition coefficient (Wildman–Crippen LogP) is 1.39. The van der Waals surface area contributed by atoms with Gasteiger partial charge in [-0.3, -0.25) is 4.79 Å². The summed E-state index contributed by atoms with van der Waals surface area (Å²) in [6, 6.07) is 0. The van der Waals surface area contributed by atoms with Crippen molar-refractivity contribution >= 4 is 17.7 Å². The normalized spacial score (nSPS) is 20.1. The van der Waals surface area contributed by atoms with Crippen molar-refractivity contribution in [3.05, 3.63) is 0 Å². The van der Waals surface area contributed by atoms with Crippen LogP contribution in [0.5, 0.6) is 0 Å². The molecule has 0 aromatic heterocycles. The summed E-state index contributed by atoms with van der Waals surface area (Å²) in [6.45, 7) is 7.34. The molecule has 1 amide bonds. The molecule has 17 heavy (non-hydrogen) atoms. The van der Waals surface area contributed by atoms with Gasteiger partial charge >= 0.3 is 0 Å². The van der Waals surface area contributed by atoms with Crippen molar-refractivity contribution in [3.8, 4) is 0 Å². The Bertz CT molecular complexity index is 246. The van der Waals surface area contributed by atoms with Crippen molar-refractivity contribution in [2.45, 2.75) is 25.0 Å². The average molecular weight is 261 g/mol. The number of amides is 1. The fraction of sp³-hybridized carbons (Fsp3) is 0.917. The van der Waals surface area contributed by atoms with Gasteiger partial charge < -0.3 is 14.4 Å². The molecule has 0 unspecified atom stereocenters. The van der Waals surface area contributed by atoms with Gasteiger partial charge in [-0.15, -0.1) is 0 Å². The third-order valence-electron chi connectivity index (χ3n) is 2.85. The van der Waals surface area contributed by atoms with Gasteiger partial charge in [-0.25, -0.2) is 0 Å². The van der Waals surface area contributed by atoms with Gasteiger partial charge in [0.05, 0.1) is 13.2 Å². The maximum atomic E-state index is 11.9. The smallest absolute Gasteiger partial charge is 0.248 e. The zero-order valence-corrected chi connectivity index (χ0v) is 11.8. The van der Waals surface area contributed by atoms with E-state index in [0.717, 1.165) is 25.3 Å². The Morgan fingerprint density at radius 1 is 1.35 bits per heavy atom. The van der Waals surface area contributed by atoms with E-state index in [1.807, 2.05) is 16.7 Å². The largest absolute Gasteiger partial charge is 0.382 e. The molecule has 0 N–H and O–H groups in total. The number of methoxy groups -OCH3 is 1. The lowest BCUT2D eigenvalue weighted by atomic mass is 10.1. The highest BCUT2D eigenvalue weighted by Crippen LogP contribution is 2.30. The molecule has 0 aromatic rings. The molecule has 1 heterocycles. The third kappa shape index (κ3) is 5.75. The lowest BCUT2D eigenvalue weighted by Gasteiger charge is -2.22. The maximum Gasteiger partial charge on any atom is 0.248 e. The van der Waals surface area contributed by atoms with Crippen LogP contribution in [0.4, 0.5) is 0 Å². The zero-order valence-electron chi connectivity index (χ0n) is 11.0. The molecule has 1 saturated heterocycles. The first kappa shape index (κ1) is 14.8. The van der Waals surface area contributed by atoms with Crippen LogP contribution < -0.4 is 0 Å². The van der Waals surface area contributed by atoms with E-state index >= 15 is 0 Å². The molecule has 0 bridgehead atoms. The molecule has 100 valence electrons. The van der Waals surface area contributed by atoms with Gasteiger partial charge in [-0.05, 0) is 6.42 Å². The minimum absolute atomic E-state index is 0.0967. The number of carbonyl (C=O) groups is 1. The van der Waals surface area contributed by atoms with E-state index in [9.17, 15) is 4.79 Å². The molecule has 0 radical (unpaired) electrons. The van der Waals surface area contributed by atoms with Crippen molar-refractivity contribution in [3.63, 3.8) is 0 Å². The van der Waals surface area contributed by atoms with Gasteiger partial charge in [0.1, 0.15) is 6.61 Å². The standard InChI is InChI=1S/C12H23NO3S/c1-12(2)4-5-13(6-9-17-12)11(14)10-16-8-7-15-3/h4-10H2,1-3H3. The van der Waals surface area contributed by atoms with E-state index in [0.29, 0.717) is 13.2 Å². The monoisotopic (exact) mass is 261 g/mol. The van der Waals surface area contributed by atoms with Crippen molar-refractivity contribution < 1.29 is 14.3 Å². The quantitative estimate of drug-likeness (QED) is 0.701. The van der Waals surface area contributed by atoms with E-state index < -0.39 is 0 Å². The molecule has 1 aliphatic heterocycles. The second-order valence-corrected chi connectivity index (χ2v) is 6.59. The third-order valence-corrected chi connectivity index (χ3v) is 4.22. The van der Waals surface area contributed by atoms with Crippen LogP contribution in [0.3, 0.4) is 0 Å². The number of hydrogen-bond donors (Lipinski definition) is 0. The molecule has 1 aliphatic rings. The summed E-state index contributed by atoms with van der Waals surface area (Å²) in [5.74, 6) is 1.11. The van der Waals surface area contributed by atoms with Crippen molar-refractivity contribution in [2.75, 3.05) is 45.8 Å². The summed E-state index contributed by atoms with van der Waals surface area (Å²) < 4.78 is 10.4. The van der Waals surface area contributed by atoms with Crippen molar-refractivity contribution in [1.82, 2.24) is 4.90 Å². The van der Waals surface area contributed by atoms with Crippen LogP contribution in [-0.4, -0.2) is 61.3 Å². The number of carbonyl (C=O) groups excluding carboxylic acids is 1. The highest BCUT2D eigenvalue weighted by Gasteiger charge is 2.25. The Balaban J connectivity index is 2.27. The molecular weight excluding hydrogens is 238 g/mol. The minimum atomic E-state index is 0.0967. The number of nitrogens with zero attached hydrogens (tertiary/aromatic N) is 1.